The average Bonchev–Trinajstić information content (AvgIpc) is 2.42. The number of nitrogens with two attached hydrogens (primary N) is 1. The van der Waals surface area contributed by atoms with Gasteiger partial charge in [-0.25, -0.2) is 0 Å². The predicted octanol–water partition coefficient (Wildman–Crippen LogP) is 2.91. The number of nitrogens with zero attached hydrogens (tertiary/aromatic N) is 2. The zero-order chi connectivity index (χ0) is 14.1. The van der Waals surface area contributed by atoms with Crippen molar-refractivity contribution in [2.75, 3.05) is 10.6 Å². The summed E-state index contributed by atoms with van der Waals surface area (Å²) in [5.41, 5.74) is 9.64. The highest BCUT2D eigenvalue weighted by molar-refractivity contribution is 9.10. The largest absolute Gasteiger partial charge is 0.399 e. The van der Waals surface area contributed by atoms with E-state index >= 15 is 0 Å². The van der Waals surface area contributed by atoms with Gasteiger partial charge < -0.3 is 10.6 Å². The summed E-state index contributed by atoms with van der Waals surface area (Å²) in [4.78, 5) is 18.1. The van der Waals surface area contributed by atoms with Crippen molar-refractivity contribution >= 4 is 33.2 Å². The Morgan fingerprint density at radius 2 is 2.10 bits per heavy atom. The maximum absolute atomic E-state index is 12.2. The third-order valence-electron chi connectivity index (χ3n) is 3.41. The van der Waals surface area contributed by atoms with E-state index in [2.05, 4.69) is 20.9 Å². The summed E-state index contributed by atoms with van der Waals surface area (Å²) in [6, 6.07) is 7.69. The lowest BCUT2D eigenvalue weighted by Crippen LogP contribution is -2.34. The van der Waals surface area contributed by atoms with Gasteiger partial charge in [0.05, 0.1) is 6.54 Å². The highest BCUT2D eigenvalue weighted by Gasteiger charge is 2.24. The second-order valence-corrected chi connectivity index (χ2v) is 5.80. The first-order valence-electron chi connectivity index (χ1n) is 6.42. The van der Waals surface area contributed by atoms with E-state index in [-0.39, 0.29) is 5.91 Å². The zero-order valence-corrected chi connectivity index (χ0v) is 12.4. The van der Waals surface area contributed by atoms with Crippen molar-refractivity contribution in [3.8, 4) is 0 Å². The molecule has 3 rings (SSSR count). The van der Waals surface area contributed by atoms with Crippen LogP contribution >= 0.6 is 15.9 Å². The van der Waals surface area contributed by atoms with Gasteiger partial charge in [-0.05, 0) is 57.7 Å². The number of carbonyl (C=O) groups is 1. The first-order valence-corrected chi connectivity index (χ1v) is 7.21. The Morgan fingerprint density at radius 3 is 2.90 bits per heavy atom. The molecule has 0 atom stereocenters. The number of benzene rings is 1. The molecule has 1 aliphatic rings. The minimum absolute atomic E-state index is 0.141. The Kier molecular flexibility index (Phi) is 3.44. The minimum Gasteiger partial charge on any atom is -0.399 e. The second-order valence-electron chi connectivity index (χ2n) is 4.88. The summed E-state index contributed by atoms with van der Waals surface area (Å²) in [6.45, 7) is 0.530. The number of halogens is 1. The lowest BCUT2D eigenvalue weighted by Gasteiger charge is -2.29. The third-order valence-corrected chi connectivity index (χ3v) is 3.84. The fourth-order valence-corrected chi connectivity index (χ4v) is 2.89. The van der Waals surface area contributed by atoms with Gasteiger partial charge in [0.15, 0.2) is 0 Å². The van der Waals surface area contributed by atoms with E-state index in [9.17, 15) is 4.79 Å². The van der Waals surface area contributed by atoms with Crippen LogP contribution in [0.3, 0.4) is 0 Å². The number of aryl methyl sites for hydroxylation is 1. The molecule has 1 aromatic carbocycles. The molecule has 0 unspecified atom stereocenters. The quantitative estimate of drug-likeness (QED) is 0.861. The van der Waals surface area contributed by atoms with Crippen molar-refractivity contribution in [3.63, 3.8) is 0 Å². The summed E-state index contributed by atoms with van der Waals surface area (Å²) >= 11 is 3.40. The summed E-state index contributed by atoms with van der Waals surface area (Å²) < 4.78 is 0.914. The van der Waals surface area contributed by atoms with Gasteiger partial charge in [0.25, 0.3) is 0 Å². The molecular formula is C15H14BrN3O. The third kappa shape index (κ3) is 2.54. The van der Waals surface area contributed by atoms with Gasteiger partial charge in [-0.2, -0.15) is 0 Å². The smallest absolute Gasteiger partial charge is 0.227 e. The van der Waals surface area contributed by atoms with Crippen LogP contribution in [0.25, 0.3) is 0 Å². The molecule has 2 heterocycles. The first kappa shape index (κ1) is 13.1. The molecule has 0 aliphatic carbocycles. The maximum Gasteiger partial charge on any atom is 0.227 e. The van der Waals surface area contributed by atoms with Crippen molar-refractivity contribution < 1.29 is 4.79 Å². The van der Waals surface area contributed by atoms with Crippen molar-refractivity contribution in [2.24, 2.45) is 0 Å². The van der Waals surface area contributed by atoms with Crippen molar-refractivity contribution in [2.45, 2.75) is 19.4 Å². The molecule has 2 N–H and O–H groups in total. The van der Waals surface area contributed by atoms with Crippen LogP contribution in [0.4, 0.5) is 11.4 Å². The molecule has 4 nitrogen and oxygen atoms in total. The van der Waals surface area contributed by atoms with Gasteiger partial charge in [-0.15, -0.1) is 0 Å². The molecule has 0 spiro atoms. The van der Waals surface area contributed by atoms with E-state index in [1.165, 1.54) is 0 Å². The molecule has 20 heavy (non-hydrogen) atoms. The van der Waals surface area contributed by atoms with Crippen LogP contribution in [0.5, 0.6) is 0 Å². The topological polar surface area (TPSA) is 59.2 Å². The molecular weight excluding hydrogens is 318 g/mol. The van der Waals surface area contributed by atoms with Crippen molar-refractivity contribution in [1.29, 1.82) is 0 Å². The van der Waals surface area contributed by atoms with Gasteiger partial charge in [0.2, 0.25) is 5.91 Å². The Balaban J connectivity index is 1.95. The Labute approximate surface area is 125 Å². The molecule has 0 fully saturated rings. The Hall–Kier alpha value is -1.88. The van der Waals surface area contributed by atoms with Crippen LogP contribution in [0.2, 0.25) is 0 Å². The fraction of sp³-hybridized carbons (Fsp3) is 0.200. The molecule has 1 aromatic heterocycles. The standard InChI is InChI=1S/C15H14BrN3O/c16-12-5-10(7-18-8-12)9-19-14-3-2-13(17)6-11(14)1-4-15(19)20/h2-3,5-8H,1,4,9,17H2. The van der Waals surface area contributed by atoms with Crippen LogP contribution < -0.4 is 10.6 Å². The Bertz CT molecular complexity index is 672. The van der Waals surface area contributed by atoms with Gasteiger partial charge in [0.1, 0.15) is 0 Å². The van der Waals surface area contributed by atoms with E-state index < -0.39 is 0 Å². The number of nitrogen functional groups attached to an aromatic ring is 1. The maximum atomic E-state index is 12.2. The molecule has 0 saturated carbocycles. The average molecular weight is 332 g/mol. The predicted molar refractivity (Wildman–Crippen MR) is 82.3 cm³/mol. The molecule has 1 amide bonds. The van der Waals surface area contributed by atoms with Gasteiger partial charge in [-0.3, -0.25) is 9.78 Å². The summed E-state index contributed by atoms with van der Waals surface area (Å²) in [5.74, 6) is 0.141. The van der Waals surface area contributed by atoms with Crippen LogP contribution in [-0.4, -0.2) is 10.9 Å². The molecule has 0 radical (unpaired) electrons. The monoisotopic (exact) mass is 331 g/mol. The number of carbonyl (C=O) groups excluding carboxylic acids is 1. The van der Waals surface area contributed by atoms with Crippen molar-refractivity contribution in [1.82, 2.24) is 4.98 Å². The van der Waals surface area contributed by atoms with Crippen LogP contribution in [-0.2, 0) is 17.8 Å². The number of anilines is 2. The molecule has 0 saturated heterocycles. The summed E-state index contributed by atoms with van der Waals surface area (Å²) in [6.07, 6.45) is 4.80. The highest BCUT2D eigenvalue weighted by atomic mass is 79.9. The number of fused-ring (bicyclic) bond motifs is 1. The number of pyridine rings is 1. The number of hydrogen-bond acceptors (Lipinski definition) is 3. The number of aromatic nitrogens is 1. The number of hydrogen-bond donors (Lipinski definition) is 1. The van der Waals surface area contributed by atoms with Crippen LogP contribution in [0.1, 0.15) is 17.5 Å². The second kappa shape index (κ2) is 5.25. The van der Waals surface area contributed by atoms with E-state index in [0.29, 0.717) is 13.0 Å². The summed E-state index contributed by atoms with van der Waals surface area (Å²) in [5, 5.41) is 0. The van der Waals surface area contributed by atoms with E-state index in [1.807, 2.05) is 29.2 Å². The molecule has 5 heteroatoms. The first-order chi connectivity index (χ1) is 9.63. The van der Waals surface area contributed by atoms with E-state index in [4.69, 9.17) is 5.73 Å². The Morgan fingerprint density at radius 1 is 1.25 bits per heavy atom. The van der Waals surface area contributed by atoms with Gasteiger partial charge in [-0.1, -0.05) is 0 Å². The highest BCUT2D eigenvalue weighted by Crippen LogP contribution is 2.30. The minimum atomic E-state index is 0.141. The molecule has 102 valence electrons. The van der Waals surface area contributed by atoms with Gasteiger partial charge in [0, 0.05) is 34.7 Å². The number of rotatable bonds is 2. The van der Waals surface area contributed by atoms with Crippen LogP contribution in [0.15, 0.2) is 41.1 Å². The van der Waals surface area contributed by atoms with Gasteiger partial charge >= 0.3 is 0 Å². The zero-order valence-electron chi connectivity index (χ0n) is 10.8. The lowest BCUT2D eigenvalue weighted by molar-refractivity contribution is -0.119. The molecule has 0 bridgehead atoms. The lowest BCUT2D eigenvalue weighted by atomic mass is 10.00. The van der Waals surface area contributed by atoms with E-state index in [0.717, 1.165) is 33.4 Å². The van der Waals surface area contributed by atoms with E-state index in [1.54, 1.807) is 12.4 Å². The normalized spacial score (nSPS) is 14.2. The number of amides is 1. The van der Waals surface area contributed by atoms with Crippen LogP contribution in [0, 0.1) is 0 Å². The fourth-order valence-electron chi connectivity index (χ4n) is 2.48. The molecule has 1 aliphatic heterocycles. The molecule has 2 aromatic rings. The van der Waals surface area contributed by atoms with Crippen molar-refractivity contribution in [3.05, 3.63) is 52.3 Å². The summed E-state index contributed by atoms with van der Waals surface area (Å²) in [7, 11) is 0. The SMILES string of the molecule is Nc1ccc2c(c1)CCC(=O)N2Cc1cncc(Br)c1.